The van der Waals surface area contributed by atoms with Gasteiger partial charge < -0.3 is 4.57 Å². The summed E-state index contributed by atoms with van der Waals surface area (Å²) < 4.78 is 2.13. The van der Waals surface area contributed by atoms with Crippen molar-refractivity contribution in [3.8, 4) is 11.3 Å². The zero-order valence-corrected chi connectivity index (χ0v) is 9.36. The minimum atomic E-state index is 1.01. The number of hydrogen-bond acceptors (Lipinski definition) is 1. The van der Waals surface area contributed by atoms with E-state index in [-0.39, 0.29) is 0 Å². The van der Waals surface area contributed by atoms with Crippen LogP contribution in [0.5, 0.6) is 0 Å². The summed E-state index contributed by atoms with van der Waals surface area (Å²) in [7, 11) is 2.06. The van der Waals surface area contributed by atoms with E-state index in [1.165, 1.54) is 16.5 Å². The third-order valence-electron chi connectivity index (χ3n) is 2.88. The van der Waals surface area contributed by atoms with Crippen molar-refractivity contribution >= 4 is 10.9 Å². The van der Waals surface area contributed by atoms with E-state index in [4.69, 9.17) is 0 Å². The van der Waals surface area contributed by atoms with Gasteiger partial charge in [0.05, 0.1) is 5.69 Å². The SMILES string of the molecule is Cc1cc(-c2cn(C)c3ccccc23)n[nH]1. The molecule has 0 spiro atoms. The van der Waals surface area contributed by atoms with E-state index in [1.54, 1.807) is 0 Å². The Bertz CT molecular complexity index is 646. The van der Waals surface area contributed by atoms with Crippen LogP contribution in [0.25, 0.3) is 22.2 Å². The van der Waals surface area contributed by atoms with E-state index >= 15 is 0 Å². The molecule has 2 aromatic heterocycles. The number of benzene rings is 1. The summed E-state index contributed by atoms with van der Waals surface area (Å²) in [5.41, 5.74) is 4.51. The molecule has 3 nitrogen and oxygen atoms in total. The maximum atomic E-state index is 4.31. The fourth-order valence-electron chi connectivity index (χ4n) is 2.10. The summed E-state index contributed by atoms with van der Waals surface area (Å²) in [5.74, 6) is 0. The molecule has 0 radical (unpaired) electrons. The Labute approximate surface area is 93.7 Å². The third kappa shape index (κ3) is 1.25. The van der Waals surface area contributed by atoms with Crippen LogP contribution in [0.3, 0.4) is 0 Å². The zero-order chi connectivity index (χ0) is 11.1. The topological polar surface area (TPSA) is 33.6 Å². The van der Waals surface area contributed by atoms with Crippen LogP contribution in [-0.2, 0) is 7.05 Å². The van der Waals surface area contributed by atoms with Gasteiger partial charge in [-0.15, -0.1) is 0 Å². The van der Waals surface area contributed by atoms with Crippen molar-refractivity contribution in [3.63, 3.8) is 0 Å². The van der Waals surface area contributed by atoms with Crippen molar-refractivity contribution in [2.45, 2.75) is 6.92 Å². The summed E-state index contributed by atoms with van der Waals surface area (Å²) >= 11 is 0. The van der Waals surface area contributed by atoms with Gasteiger partial charge >= 0.3 is 0 Å². The van der Waals surface area contributed by atoms with E-state index in [0.29, 0.717) is 0 Å². The van der Waals surface area contributed by atoms with Gasteiger partial charge in [0.15, 0.2) is 0 Å². The van der Waals surface area contributed by atoms with Gasteiger partial charge in [-0.1, -0.05) is 18.2 Å². The molecule has 3 aromatic rings. The van der Waals surface area contributed by atoms with Crippen LogP contribution in [0.15, 0.2) is 36.5 Å². The molecule has 0 aliphatic rings. The molecule has 16 heavy (non-hydrogen) atoms. The molecule has 2 heterocycles. The van der Waals surface area contributed by atoms with E-state index in [0.717, 1.165) is 11.4 Å². The first-order valence-corrected chi connectivity index (χ1v) is 5.32. The van der Waals surface area contributed by atoms with Gasteiger partial charge in [0, 0.05) is 35.4 Å². The summed E-state index contributed by atoms with van der Waals surface area (Å²) in [5, 5.41) is 8.54. The van der Waals surface area contributed by atoms with Crippen molar-refractivity contribution in [1.29, 1.82) is 0 Å². The van der Waals surface area contributed by atoms with Crippen LogP contribution >= 0.6 is 0 Å². The lowest BCUT2D eigenvalue weighted by atomic mass is 10.1. The summed E-state index contributed by atoms with van der Waals surface area (Å²) in [6.45, 7) is 2.02. The number of fused-ring (bicyclic) bond motifs is 1. The monoisotopic (exact) mass is 211 g/mol. The van der Waals surface area contributed by atoms with Crippen molar-refractivity contribution in [2.75, 3.05) is 0 Å². The number of aryl methyl sites for hydroxylation is 2. The second-order valence-corrected chi connectivity index (χ2v) is 4.11. The van der Waals surface area contributed by atoms with Gasteiger partial charge in [0.25, 0.3) is 0 Å². The highest BCUT2D eigenvalue weighted by Crippen LogP contribution is 2.28. The quantitative estimate of drug-likeness (QED) is 0.659. The predicted octanol–water partition coefficient (Wildman–Crippen LogP) is 2.88. The molecular weight excluding hydrogens is 198 g/mol. The Hall–Kier alpha value is -2.03. The number of para-hydroxylation sites is 1. The maximum Gasteiger partial charge on any atom is 0.0944 e. The van der Waals surface area contributed by atoms with Crippen molar-refractivity contribution in [2.24, 2.45) is 7.05 Å². The first-order valence-electron chi connectivity index (χ1n) is 5.32. The number of rotatable bonds is 1. The molecule has 80 valence electrons. The second kappa shape index (κ2) is 3.23. The van der Waals surface area contributed by atoms with E-state index in [9.17, 15) is 0 Å². The standard InChI is InChI=1S/C13H13N3/c1-9-7-12(15-14-9)11-8-16(2)13-6-4-3-5-10(11)13/h3-8H,1-2H3,(H,14,15). The van der Waals surface area contributed by atoms with Crippen molar-refractivity contribution < 1.29 is 0 Å². The molecule has 0 aliphatic carbocycles. The van der Waals surface area contributed by atoms with Gasteiger partial charge in [-0.2, -0.15) is 5.10 Å². The Kier molecular flexibility index (Phi) is 1.86. The molecule has 1 aromatic carbocycles. The minimum Gasteiger partial charge on any atom is -0.350 e. The molecule has 0 aliphatic heterocycles. The molecule has 0 saturated carbocycles. The Balaban J connectivity index is 2.32. The fraction of sp³-hybridized carbons (Fsp3) is 0.154. The molecule has 1 N–H and O–H groups in total. The van der Waals surface area contributed by atoms with Crippen molar-refractivity contribution in [1.82, 2.24) is 14.8 Å². The third-order valence-corrected chi connectivity index (χ3v) is 2.88. The van der Waals surface area contributed by atoms with Crippen LogP contribution in [0.1, 0.15) is 5.69 Å². The van der Waals surface area contributed by atoms with Crippen LogP contribution in [-0.4, -0.2) is 14.8 Å². The minimum absolute atomic E-state index is 1.01. The molecule has 0 atom stereocenters. The lowest BCUT2D eigenvalue weighted by Crippen LogP contribution is -1.81. The number of H-pyrrole nitrogens is 1. The van der Waals surface area contributed by atoms with Gasteiger partial charge in [0.1, 0.15) is 0 Å². The zero-order valence-electron chi connectivity index (χ0n) is 9.36. The molecule has 0 amide bonds. The molecule has 0 saturated heterocycles. The number of nitrogens with one attached hydrogen (secondary N) is 1. The number of aromatic nitrogens is 3. The molecule has 0 bridgehead atoms. The number of aromatic amines is 1. The smallest absolute Gasteiger partial charge is 0.0944 e. The highest BCUT2D eigenvalue weighted by molar-refractivity contribution is 5.95. The van der Waals surface area contributed by atoms with Crippen LogP contribution in [0.2, 0.25) is 0 Å². The average Bonchev–Trinajstić information content (AvgIpc) is 2.84. The molecule has 0 unspecified atom stereocenters. The Morgan fingerprint density at radius 1 is 1.25 bits per heavy atom. The lowest BCUT2D eigenvalue weighted by molar-refractivity contribution is 0.968. The van der Waals surface area contributed by atoms with Gasteiger partial charge in [-0.3, -0.25) is 5.10 Å². The number of hydrogen-bond donors (Lipinski definition) is 1. The number of nitrogens with zero attached hydrogens (tertiary/aromatic N) is 2. The van der Waals surface area contributed by atoms with Gasteiger partial charge in [-0.25, -0.2) is 0 Å². The Morgan fingerprint density at radius 3 is 2.81 bits per heavy atom. The van der Waals surface area contributed by atoms with E-state index < -0.39 is 0 Å². The Morgan fingerprint density at radius 2 is 2.06 bits per heavy atom. The first-order chi connectivity index (χ1) is 7.75. The first kappa shape index (κ1) is 9.21. The lowest BCUT2D eigenvalue weighted by Gasteiger charge is -1.93. The largest absolute Gasteiger partial charge is 0.350 e. The average molecular weight is 211 g/mol. The molecule has 0 fully saturated rings. The van der Waals surface area contributed by atoms with Crippen LogP contribution in [0, 0.1) is 6.92 Å². The highest BCUT2D eigenvalue weighted by atomic mass is 15.1. The highest BCUT2D eigenvalue weighted by Gasteiger charge is 2.09. The van der Waals surface area contributed by atoms with E-state index in [1.807, 2.05) is 6.92 Å². The van der Waals surface area contributed by atoms with Gasteiger partial charge in [-0.05, 0) is 19.1 Å². The van der Waals surface area contributed by atoms with Crippen molar-refractivity contribution in [3.05, 3.63) is 42.2 Å². The summed E-state index contributed by atoms with van der Waals surface area (Å²) in [6, 6.07) is 10.4. The normalized spacial score (nSPS) is 11.1. The van der Waals surface area contributed by atoms with Crippen LogP contribution in [0.4, 0.5) is 0 Å². The molecule has 3 heteroatoms. The molecular formula is C13H13N3. The second-order valence-electron chi connectivity index (χ2n) is 4.11. The van der Waals surface area contributed by atoms with E-state index in [2.05, 4.69) is 58.3 Å². The summed E-state index contributed by atoms with van der Waals surface area (Å²) in [4.78, 5) is 0. The van der Waals surface area contributed by atoms with Crippen LogP contribution < -0.4 is 0 Å². The maximum absolute atomic E-state index is 4.31. The molecule has 3 rings (SSSR count). The summed E-state index contributed by atoms with van der Waals surface area (Å²) in [6.07, 6.45) is 2.13. The predicted molar refractivity (Wildman–Crippen MR) is 65.2 cm³/mol. The van der Waals surface area contributed by atoms with Gasteiger partial charge in [0.2, 0.25) is 0 Å². The fourth-order valence-corrected chi connectivity index (χ4v) is 2.10.